The summed E-state index contributed by atoms with van der Waals surface area (Å²) in [4.78, 5) is -0.641. The summed E-state index contributed by atoms with van der Waals surface area (Å²) >= 11 is 2.99. The van der Waals surface area contributed by atoms with E-state index in [1.54, 1.807) is 12.3 Å². The summed E-state index contributed by atoms with van der Waals surface area (Å²) in [5, 5.41) is 7.24. The van der Waals surface area contributed by atoms with Gasteiger partial charge in [-0.3, -0.25) is 9.82 Å². The number of H-pyrrole nitrogens is 1. The number of aromatic nitrogens is 2. The maximum atomic E-state index is 12.5. The van der Waals surface area contributed by atoms with E-state index in [1.807, 2.05) is 0 Å². The molecular formula is C14H9BrF3N3O3S. The van der Waals surface area contributed by atoms with Crippen molar-refractivity contribution in [3.05, 3.63) is 47.1 Å². The van der Waals surface area contributed by atoms with Gasteiger partial charge >= 0.3 is 6.36 Å². The van der Waals surface area contributed by atoms with Crippen LogP contribution in [0.15, 0.2) is 52.0 Å². The molecule has 0 radical (unpaired) electrons. The quantitative estimate of drug-likeness (QED) is 0.647. The standard InChI is InChI=1S/C14H9BrF3N3O3S/c15-9-2-4-13(12(5-9)24-14(16,17)18)25(22,23)21-10-3-1-8-7-19-20-11(8)6-10/h1-7,21H,(H,19,20). The van der Waals surface area contributed by atoms with E-state index in [0.717, 1.165) is 17.5 Å². The van der Waals surface area contributed by atoms with Crippen LogP contribution in [-0.2, 0) is 10.0 Å². The first-order valence-electron chi connectivity index (χ1n) is 6.65. The van der Waals surface area contributed by atoms with Crippen LogP contribution in [0.4, 0.5) is 18.9 Å². The number of fused-ring (bicyclic) bond motifs is 1. The first-order valence-corrected chi connectivity index (χ1v) is 8.93. The number of rotatable bonds is 4. The minimum atomic E-state index is -5.03. The fraction of sp³-hybridized carbons (Fsp3) is 0.0714. The molecule has 11 heteroatoms. The lowest BCUT2D eigenvalue weighted by Crippen LogP contribution is -2.21. The van der Waals surface area contributed by atoms with Crippen molar-refractivity contribution in [1.29, 1.82) is 0 Å². The van der Waals surface area contributed by atoms with Gasteiger partial charge in [0.05, 0.1) is 17.4 Å². The van der Waals surface area contributed by atoms with Crippen LogP contribution in [0.25, 0.3) is 10.9 Å². The fourth-order valence-electron chi connectivity index (χ4n) is 2.12. The highest BCUT2D eigenvalue weighted by atomic mass is 79.9. The van der Waals surface area contributed by atoms with Crippen LogP contribution in [-0.4, -0.2) is 25.0 Å². The molecule has 0 atom stereocenters. The number of ether oxygens (including phenoxy) is 1. The highest BCUT2D eigenvalue weighted by Crippen LogP contribution is 2.33. The van der Waals surface area contributed by atoms with Crippen LogP contribution in [0.3, 0.4) is 0 Å². The van der Waals surface area contributed by atoms with E-state index in [9.17, 15) is 21.6 Å². The average Bonchev–Trinajstić information content (AvgIpc) is 2.92. The molecule has 1 heterocycles. The first-order chi connectivity index (χ1) is 11.6. The van der Waals surface area contributed by atoms with Crippen molar-refractivity contribution in [2.45, 2.75) is 11.3 Å². The summed E-state index contributed by atoms with van der Waals surface area (Å²) < 4.78 is 68.9. The summed E-state index contributed by atoms with van der Waals surface area (Å²) in [5.41, 5.74) is 0.736. The molecule has 0 aliphatic rings. The molecule has 0 amide bonds. The smallest absolute Gasteiger partial charge is 0.404 e. The van der Waals surface area contributed by atoms with E-state index in [0.29, 0.717) is 5.52 Å². The molecule has 0 saturated carbocycles. The molecule has 0 fully saturated rings. The second-order valence-electron chi connectivity index (χ2n) is 4.92. The minimum absolute atomic E-state index is 0.164. The van der Waals surface area contributed by atoms with Gasteiger partial charge in [0, 0.05) is 9.86 Å². The summed E-state index contributed by atoms with van der Waals surface area (Å²) in [6, 6.07) is 7.81. The largest absolute Gasteiger partial charge is 0.573 e. The molecule has 6 nitrogen and oxygen atoms in total. The van der Waals surface area contributed by atoms with Crippen molar-refractivity contribution in [3.63, 3.8) is 0 Å². The number of alkyl halides is 3. The molecule has 0 bridgehead atoms. The zero-order valence-electron chi connectivity index (χ0n) is 12.1. The lowest BCUT2D eigenvalue weighted by molar-refractivity contribution is -0.275. The molecule has 2 N–H and O–H groups in total. The Labute approximate surface area is 148 Å². The summed E-state index contributed by atoms with van der Waals surface area (Å²) in [6.45, 7) is 0. The second-order valence-corrected chi connectivity index (χ2v) is 7.48. The molecule has 0 unspecified atom stereocenters. The highest BCUT2D eigenvalue weighted by Gasteiger charge is 2.34. The van der Waals surface area contributed by atoms with Crippen molar-refractivity contribution in [1.82, 2.24) is 10.2 Å². The van der Waals surface area contributed by atoms with Crippen molar-refractivity contribution < 1.29 is 26.3 Å². The van der Waals surface area contributed by atoms with E-state index in [-0.39, 0.29) is 10.2 Å². The van der Waals surface area contributed by atoms with Crippen LogP contribution in [0, 0.1) is 0 Å². The third kappa shape index (κ3) is 4.04. The highest BCUT2D eigenvalue weighted by molar-refractivity contribution is 9.10. The summed E-state index contributed by atoms with van der Waals surface area (Å²) in [7, 11) is -4.31. The number of aromatic amines is 1. The second kappa shape index (κ2) is 6.23. The van der Waals surface area contributed by atoms with Gasteiger partial charge in [-0.1, -0.05) is 15.9 Å². The predicted molar refractivity (Wildman–Crippen MR) is 87.7 cm³/mol. The van der Waals surface area contributed by atoms with E-state index in [4.69, 9.17) is 0 Å². The van der Waals surface area contributed by atoms with E-state index in [2.05, 4.69) is 35.6 Å². The van der Waals surface area contributed by atoms with Gasteiger partial charge in [-0.05, 0) is 36.4 Å². The first kappa shape index (κ1) is 17.5. The number of hydrogen-bond acceptors (Lipinski definition) is 4. The third-order valence-electron chi connectivity index (χ3n) is 3.12. The molecule has 132 valence electrons. The van der Waals surface area contributed by atoms with Gasteiger partial charge in [0.25, 0.3) is 10.0 Å². The van der Waals surface area contributed by atoms with Gasteiger partial charge in [0.15, 0.2) is 5.75 Å². The van der Waals surface area contributed by atoms with Crippen LogP contribution >= 0.6 is 15.9 Å². The van der Waals surface area contributed by atoms with Crippen molar-refractivity contribution in [3.8, 4) is 5.75 Å². The Kier molecular flexibility index (Phi) is 4.37. The van der Waals surface area contributed by atoms with Crippen LogP contribution in [0.2, 0.25) is 0 Å². The van der Waals surface area contributed by atoms with Crippen LogP contribution < -0.4 is 9.46 Å². The van der Waals surface area contributed by atoms with Gasteiger partial charge in [-0.15, -0.1) is 13.2 Å². The Bertz CT molecular complexity index is 1030. The Morgan fingerprint density at radius 2 is 1.92 bits per heavy atom. The Morgan fingerprint density at radius 1 is 1.16 bits per heavy atom. The van der Waals surface area contributed by atoms with Crippen molar-refractivity contribution in [2.75, 3.05) is 4.72 Å². The normalized spacial score (nSPS) is 12.3. The lowest BCUT2D eigenvalue weighted by atomic mass is 10.2. The zero-order valence-corrected chi connectivity index (χ0v) is 14.5. The molecule has 25 heavy (non-hydrogen) atoms. The Balaban J connectivity index is 1.99. The minimum Gasteiger partial charge on any atom is -0.404 e. The predicted octanol–water partition coefficient (Wildman–Crippen LogP) is 4.02. The molecule has 0 aliphatic heterocycles. The van der Waals surface area contributed by atoms with E-state index in [1.165, 1.54) is 18.2 Å². The SMILES string of the molecule is O=S(=O)(Nc1ccc2cn[nH]c2c1)c1ccc(Br)cc1OC(F)(F)F. The van der Waals surface area contributed by atoms with Crippen LogP contribution in [0.5, 0.6) is 5.75 Å². The monoisotopic (exact) mass is 435 g/mol. The number of nitrogens with zero attached hydrogens (tertiary/aromatic N) is 1. The number of sulfonamides is 1. The molecule has 3 aromatic rings. The summed E-state index contributed by atoms with van der Waals surface area (Å²) in [5.74, 6) is -0.836. The molecular weight excluding hydrogens is 427 g/mol. The van der Waals surface area contributed by atoms with E-state index >= 15 is 0 Å². The fourth-order valence-corrected chi connectivity index (χ4v) is 3.62. The molecule has 0 spiro atoms. The van der Waals surface area contributed by atoms with Gasteiger partial charge in [0.2, 0.25) is 0 Å². The zero-order chi connectivity index (χ0) is 18.2. The van der Waals surface area contributed by atoms with E-state index < -0.39 is 27.0 Å². The molecule has 0 aliphatic carbocycles. The number of hydrogen-bond donors (Lipinski definition) is 2. The van der Waals surface area contributed by atoms with Gasteiger partial charge in [0.1, 0.15) is 4.90 Å². The number of benzene rings is 2. The van der Waals surface area contributed by atoms with Crippen molar-refractivity contribution in [2.24, 2.45) is 0 Å². The maximum absolute atomic E-state index is 12.5. The number of nitrogens with one attached hydrogen (secondary N) is 2. The van der Waals surface area contributed by atoms with Gasteiger partial charge in [-0.25, -0.2) is 8.42 Å². The molecule has 0 saturated heterocycles. The molecule has 2 aromatic carbocycles. The number of anilines is 1. The van der Waals surface area contributed by atoms with Crippen molar-refractivity contribution >= 4 is 42.5 Å². The molecule has 3 rings (SSSR count). The Hall–Kier alpha value is -2.27. The van der Waals surface area contributed by atoms with Crippen LogP contribution in [0.1, 0.15) is 0 Å². The molecule has 1 aromatic heterocycles. The third-order valence-corrected chi connectivity index (χ3v) is 5.03. The maximum Gasteiger partial charge on any atom is 0.573 e. The summed E-state index contributed by atoms with van der Waals surface area (Å²) in [6.07, 6.45) is -3.47. The van der Waals surface area contributed by atoms with Gasteiger partial charge in [-0.2, -0.15) is 5.10 Å². The Morgan fingerprint density at radius 3 is 2.64 bits per heavy atom. The van der Waals surface area contributed by atoms with Gasteiger partial charge < -0.3 is 4.74 Å². The average molecular weight is 436 g/mol. The topological polar surface area (TPSA) is 84.1 Å². The number of halogens is 4. The lowest BCUT2D eigenvalue weighted by Gasteiger charge is -2.15.